The van der Waals surface area contributed by atoms with Crippen LogP contribution in [-0.4, -0.2) is 17.2 Å². The van der Waals surface area contributed by atoms with Crippen molar-refractivity contribution >= 4 is 18.5 Å². The van der Waals surface area contributed by atoms with Crippen molar-refractivity contribution in [2.24, 2.45) is 0 Å². The smallest absolute Gasteiger partial charge is 0.404 e. The fraction of sp³-hybridized carbons (Fsp3) is 0.800. The van der Waals surface area contributed by atoms with Crippen LogP contribution in [0.3, 0.4) is 0 Å². The topological polar surface area (TPSA) is 49.3 Å². The second kappa shape index (κ2) is 5.69. The van der Waals surface area contributed by atoms with Crippen LogP contribution in [0.1, 0.15) is 20.3 Å². The molecule has 0 rings (SSSR count). The lowest BCUT2D eigenvalue weighted by Crippen LogP contribution is -2.30. The molecule has 0 aliphatic carbocycles. The third-order valence-electron chi connectivity index (χ3n) is 0.982. The Kier molecular flexibility index (Phi) is 7.19. The molecule has 1 unspecified atom stereocenters. The number of carbonyl (C=O) groups is 1. The van der Waals surface area contributed by atoms with Crippen LogP contribution in [0.2, 0.25) is 0 Å². The van der Waals surface area contributed by atoms with E-state index < -0.39 is 6.09 Å². The maximum Gasteiger partial charge on any atom is 0.404 e. The zero-order valence-corrected chi connectivity index (χ0v) is 6.36. The highest BCUT2D eigenvalue weighted by atomic mass is 35.5. The standard InChI is InChI=1S/C5H11NO2.ClH/c1-3-4(2)6-5(7)8;/h4,6H,3H2,1-2H3,(H,7,8);1H. The highest BCUT2D eigenvalue weighted by Gasteiger charge is 1.99. The first kappa shape index (κ1) is 11.4. The molecule has 9 heavy (non-hydrogen) atoms. The van der Waals surface area contributed by atoms with E-state index >= 15 is 0 Å². The van der Waals surface area contributed by atoms with Crippen LogP contribution in [0.25, 0.3) is 0 Å². The number of halogens is 1. The molecule has 56 valence electrons. The highest BCUT2D eigenvalue weighted by molar-refractivity contribution is 5.85. The van der Waals surface area contributed by atoms with Crippen molar-refractivity contribution in [2.45, 2.75) is 26.3 Å². The lowest BCUT2D eigenvalue weighted by Gasteiger charge is -2.05. The molecule has 0 aromatic rings. The third kappa shape index (κ3) is 7.56. The summed E-state index contributed by atoms with van der Waals surface area (Å²) in [4.78, 5) is 9.86. The summed E-state index contributed by atoms with van der Waals surface area (Å²) in [5, 5.41) is 10.4. The Hall–Kier alpha value is -0.440. The molecule has 0 saturated heterocycles. The number of rotatable bonds is 2. The van der Waals surface area contributed by atoms with Gasteiger partial charge in [-0.15, -0.1) is 12.4 Å². The van der Waals surface area contributed by atoms with Gasteiger partial charge in [0.1, 0.15) is 0 Å². The second-order valence-corrected chi connectivity index (χ2v) is 1.76. The monoisotopic (exact) mass is 153 g/mol. The molecule has 1 amide bonds. The quantitative estimate of drug-likeness (QED) is 0.631. The van der Waals surface area contributed by atoms with Crippen molar-refractivity contribution in [1.82, 2.24) is 5.32 Å². The fourth-order valence-corrected chi connectivity index (χ4v) is 0.313. The van der Waals surface area contributed by atoms with E-state index in [4.69, 9.17) is 5.11 Å². The number of amides is 1. The minimum atomic E-state index is -0.945. The van der Waals surface area contributed by atoms with E-state index in [-0.39, 0.29) is 18.4 Å². The Bertz CT molecular complexity index is 87.0. The van der Waals surface area contributed by atoms with Crippen molar-refractivity contribution < 1.29 is 9.90 Å². The van der Waals surface area contributed by atoms with E-state index in [1.54, 1.807) is 0 Å². The third-order valence-corrected chi connectivity index (χ3v) is 0.982. The molecule has 4 heteroatoms. The van der Waals surface area contributed by atoms with Crippen LogP contribution in [0.4, 0.5) is 4.79 Å². The number of nitrogens with one attached hydrogen (secondary N) is 1. The van der Waals surface area contributed by atoms with Gasteiger partial charge in [-0.05, 0) is 13.3 Å². The first-order valence-electron chi connectivity index (χ1n) is 2.66. The normalized spacial score (nSPS) is 11.3. The summed E-state index contributed by atoms with van der Waals surface area (Å²) in [6.45, 7) is 3.76. The zero-order chi connectivity index (χ0) is 6.57. The van der Waals surface area contributed by atoms with Gasteiger partial charge in [-0.2, -0.15) is 0 Å². The maximum atomic E-state index is 9.86. The van der Waals surface area contributed by atoms with Gasteiger partial charge in [-0.25, -0.2) is 4.79 Å². The van der Waals surface area contributed by atoms with Crippen LogP contribution in [0, 0.1) is 0 Å². The van der Waals surface area contributed by atoms with E-state index in [1.165, 1.54) is 0 Å². The summed E-state index contributed by atoms with van der Waals surface area (Å²) in [5.41, 5.74) is 0. The van der Waals surface area contributed by atoms with Gasteiger partial charge in [0.25, 0.3) is 0 Å². The van der Waals surface area contributed by atoms with Crippen LogP contribution in [0.5, 0.6) is 0 Å². The molecule has 0 radical (unpaired) electrons. The molecule has 0 aliphatic heterocycles. The summed E-state index contributed by atoms with van der Waals surface area (Å²) in [6.07, 6.45) is -0.105. The first-order chi connectivity index (χ1) is 3.66. The molecule has 3 nitrogen and oxygen atoms in total. The molecule has 0 bridgehead atoms. The Balaban J connectivity index is 0. The Morgan fingerprint density at radius 1 is 1.78 bits per heavy atom. The summed E-state index contributed by atoms with van der Waals surface area (Å²) in [5.74, 6) is 0. The van der Waals surface area contributed by atoms with Crippen molar-refractivity contribution in [3.63, 3.8) is 0 Å². The molecule has 0 fully saturated rings. The number of carboxylic acid groups (broad SMARTS) is 1. The lowest BCUT2D eigenvalue weighted by atomic mass is 10.3. The summed E-state index contributed by atoms with van der Waals surface area (Å²) < 4.78 is 0. The van der Waals surface area contributed by atoms with Crippen LogP contribution < -0.4 is 5.32 Å². The molecule has 0 aromatic carbocycles. The van der Waals surface area contributed by atoms with Gasteiger partial charge < -0.3 is 10.4 Å². The predicted molar refractivity (Wildman–Crippen MR) is 38.2 cm³/mol. The Morgan fingerprint density at radius 3 is 2.33 bits per heavy atom. The summed E-state index contributed by atoms with van der Waals surface area (Å²) in [6, 6.07) is 0.0764. The Morgan fingerprint density at radius 2 is 2.22 bits per heavy atom. The van der Waals surface area contributed by atoms with E-state index in [2.05, 4.69) is 5.32 Å². The van der Waals surface area contributed by atoms with Gasteiger partial charge in [-0.1, -0.05) is 6.92 Å². The number of hydrogen-bond acceptors (Lipinski definition) is 1. The highest BCUT2D eigenvalue weighted by Crippen LogP contribution is 1.85. The van der Waals surface area contributed by atoms with Crippen molar-refractivity contribution in [3.8, 4) is 0 Å². The Labute approximate surface area is 60.9 Å². The van der Waals surface area contributed by atoms with Crippen molar-refractivity contribution in [1.29, 1.82) is 0 Å². The van der Waals surface area contributed by atoms with Crippen LogP contribution in [-0.2, 0) is 0 Å². The molecule has 1 atom stereocenters. The minimum Gasteiger partial charge on any atom is -0.465 e. The summed E-state index contributed by atoms with van der Waals surface area (Å²) in [7, 11) is 0. The van der Waals surface area contributed by atoms with Crippen LogP contribution >= 0.6 is 12.4 Å². The molecular formula is C5H12ClNO2. The number of hydrogen-bond donors (Lipinski definition) is 2. The molecule has 2 N–H and O–H groups in total. The van der Waals surface area contributed by atoms with Crippen molar-refractivity contribution in [2.75, 3.05) is 0 Å². The average molecular weight is 154 g/mol. The van der Waals surface area contributed by atoms with Gasteiger partial charge >= 0.3 is 6.09 Å². The summed E-state index contributed by atoms with van der Waals surface area (Å²) >= 11 is 0. The molecule has 0 aromatic heterocycles. The SMILES string of the molecule is CCC(C)NC(=O)O.Cl. The van der Waals surface area contributed by atoms with Gasteiger partial charge in [0, 0.05) is 6.04 Å². The molecule has 0 spiro atoms. The van der Waals surface area contributed by atoms with E-state index in [9.17, 15) is 4.79 Å². The van der Waals surface area contributed by atoms with E-state index in [0.29, 0.717) is 0 Å². The average Bonchev–Trinajstić information content (AvgIpc) is 1.65. The predicted octanol–water partition coefficient (Wildman–Crippen LogP) is 1.47. The minimum absolute atomic E-state index is 0. The second-order valence-electron chi connectivity index (χ2n) is 1.76. The molecule has 0 saturated carbocycles. The lowest BCUT2D eigenvalue weighted by molar-refractivity contribution is 0.190. The van der Waals surface area contributed by atoms with E-state index in [0.717, 1.165) is 6.42 Å². The van der Waals surface area contributed by atoms with Gasteiger partial charge in [-0.3, -0.25) is 0 Å². The largest absolute Gasteiger partial charge is 0.465 e. The molecule has 0 heterocycles. The van der Waals surface area contributed by atoms with Gasteiger partial charge in [0.15, 0.2) is 0 Å². The van der Waals surface area contributed by atoms with Gasteiger partial charge in [0.05, 0.1) is 0 Å². The van der Waals surface area contributed by atoms with Crippen molar-refractivity contribution in [3.05, 3.63) is 0 Å². The van der Waals surface area contributed by atoms with E-state index in [1.807, 2.05) is 13.8 Å². The maximum absolute atomic E-state index is 9.86. The molecular weight excluding hydrogens is 142 g/mol. The zero-order valence-electron chi connectivity index (χ0n) is 5.55. The first-order valence-corrected chi connectivity index (χ1v) is 2.66. The van der Waals surface area contributed by atoms with Crippen LogP contribution in [0.15, 0.2) is 0 Å². The van der Waals surface area contributed by atoms with Gasteiger partial charge in [0.2, 0.25) is 0 Å². The fourth-order valence-electron chi connectivity index (χ4n) is 0.313. The molecule has 0 aliphatic rings.